The van der Waals surface area contributed by atoms with Gasteiger partial charge in [-0.2, -0.15) is 0 Å². The zero-order valence-corrected chi connectivity index (χ0v) is 7.29. The van der Waals surface area contributed by atoms with Crippen LogP contribution in [0.25, 0.3) is 0 Å². The highest BCUT2D eigenvalue weighted by molar-refractivity contribution is 5.09. The van der Waals surface area contributed by atoms with E-state index in [1.165, 1.54) is 0 Å². The average molecular weight is 169 g/mol. The van der Waals surface area contributed by atoms with Crippen molar-refractivity contribution in [3.05, 3.63) is 24.2 Å². The first-order chi connectivity index (χ1) is 5.84. The molecule has 0 aromatic carbocycles. The van der Waals surface area contributed by atoms with Gasteiger partial charge in [-0.15, -0.1) is 0 Å². The topological polar surface area (TPSA) is 45.4 Å². The van der Waals surface area contributed by atoms with E-state index in [0.717, 1.165) is 18.5 Å². The second-order valence-electron chi connectivity index (χ2n) is 2.78. The smallest absolute Gasteiger partial charge is 0.0961 e. The molecule has 0 saturated heterocycles. The monoisotopic (exact) mass is 169 g/mol. The Morgan fingerprint density at radius 2 is 2.50 bits per heavy atom. The Hall–Kier alpha value is -0.800. The summed E-state index contributed by atoms with van der Waals surface area (Å²) >= 11 is 0. The molecule has 0 radical (unpaired) electrons. The van der Waals surface area contributed by atoms with Gasteiger partial charge in [0.05, 0.1) is 18.6 Å². The van der Waals surface area contributed by atoms with Crippen molar-refractivity contribution in [1.29, 1.82) is 0 Å². The summed E-state index contributed by atoms with van der Waals surface area (Å²) in [6.07, 6.45) is 3.77. The molecule has 1 aromatic rings. The zero-order valence-electron chi connectivity index (χ0n) is 7.29. The number of hydrogen-bond acceptors (Lipinski definition) is 3. The lowest BCUT2D eigenvalue weighted by Crippen LogP contribution is -2.21. The summed E-state index contributed by atoms with van der Waals surface area (Å²) < 4.78 is 4.85. The maximum atomic E-state index is 9.51. The van der Waals surface area contributed by atoms with Crippen LogP contribution < -0.4 is 5.32 Å². The van der Waals surface area contributed by atoms with Gasteiger partial charge in [0.25, 0.3) is 0 Å². The molecular weight excluding hydrogens is 154 g/mol. The molecule has 3 heteroatoms. The van der Waals surface area contributed by atoms with Gasteiger partial charge in [0.15, 0.2) is 0 Å². The van der Waals surface area contributed by atoms with Crippen molar-refractivity contribution in [2.24, 2.45) is 0 Å². The van der Waals surface area contributed by atoms with Crippen LogP contribution in [-0.2, 0) is 0 Å². The number of nitrogens with one attached hydrogen (secondary N) is 1. The van der Waals surface area contributed by atoms with E-state index < -0.39 is 6.10 Å². The van der Waals surface area contributed by atoms with Crippen LogP contribution in [0.2, 0.25) is 0 Å². The molecule has 0 amide bonds. The minimum atomic E-state index is -0.449. The normalized spacial score (nSPS) is 13.2. The summed E-state index contributed by atoms with van der Waals surface area (Å²) in [5, 5.41) is 12.6. The molecule has 1 rings (SSSR count). The lowest BCUT2D eigenvalue weighted by Gasteiger charge is -2.08. The van der Waals surface area contributed by atoms with Gasteiger partial charge in [-0.25, -0.2) is 0 Å². The highest BCUT2D eigenvalue weighted by Gasteiger charge is 2.06. The van der Waals surface area contributed by atoms with Crippen LogP contribution in [0.3, 0.4) is 0 Å². The molecule has 2 N–H and O–H groups in total. The average Bonchev–Trinajstić information content (AvgIpc) is 2.56. The van der Waals surface area contributed by atoms with Gasteiger partial charge in [0.1, 0.15) is 0 Å². The molecule has 3 nitrogen and oxygen atoms in total. The molecule has 0 saturated carbocycles. The van der Waals surface area contributed by atoms with Crippen molar-refractivity contribution in [3.8, 4) is 0 Å². The third-order valence-corrected chi connectivity index (χ3v) is 1.69. The van der Waals surface area contributed by atoms with E-state index >= 15 is 0 Å². The molecular formula is C9H15NO2. The molecule has 0 aliphatic carbocycles. The lowest BCUT2D eigenvalue weighted by molar-refractivity contribution is 0.174. The second kappa shape index (κ2) is 4.95. The van der Waals surface area contributed by atoms with Crippen molar-refractivity contribution >= 4 is 0 Å². The van der Waals surface area contributed by atoms with Crippen LogP contribution in [-0.4, -0.2) is 18.2 Å². The van der Waals surface area contributed by atoms with Crippen molar-refractivity contribution in [2.45, 2.75) is 19.4 Å². The minimum absolute atomic E-state index is 0.449. The molecule has 0 bridgehead atoms. The Morgan fingerprint density at radius 1 is 1.67 bits per heavy atom. The Balaban J connectivity index is 2.25. The van der Waals surface area contributed by atoms with Gasteiger partial charge < -0.3 is 14.8 Å². The minimum Gasteiger partial charge on any atom is -0.472 e. The van der Waals surface area contributed by atoms with Crippen molar-refractivity contribution in [2.75, 3.05) is 13.1 Å². The first-order valence-electron chi connectivity index (χ1n) is 4.25. The number of aliphatic hydroxyl groups excluding tert-OH is 1. The Kier molecular flexibility index (Phi) is 3.84. The van der Waals surface area contributed by atoms with E-state index in [-0.39, 0.29) is 0 Å². The van der Waals surface area contributed by atoms with Gasteiger partial charge >= 0.3 is 0 Å². The number of rotatable bonds is 5. The van der Waals surface area contributed by atoms with Crippen LogP contribution >= 0.6 is 0 Å². The maximum absolute atomic E-state index is 9.51. The Bertz CT molecular complexity index is 196. The van der Waals surface area contributed by atoms with E-state index in [2.05, 4.69) is 12.2 Å². The summed E-state index contributed by atoms with van der Waals surface area (Å²) in [6, 6.07) is 1.78. The van der Waals surface area contributed by atoms with Crippen molar-refractivity contribution in [1.82, 2.24) is 5.32 Å². The van der Waals surface area contributed by atoms with Crippen molar-refractivity contribution in [3.63, 3.8) is 0 Å². The highest BCUT2D eigenvalue weighted by atomic mass is 16.3. The SMILES string of the molecule is CCCNCC(O)c1ccoc1. The largest absolute Gasteiger partial charge is 0.472 e. The Morgan fingerprint density at radius 3 is 3.08 bits per heavy atom. The molecule has 68 valence electrons. The third kappa shape index (κ3) is 2.68. The van der Waals surface area contributed by atoms with Crippen LogP contribution in [0.1, 0.15) is 25.0 Å². The summed E-state index contributed by atoms with van der Waals surface area (Å²) in [7, 11) is 0. The van der Waals surface area contributed by atoms with E-state index in [9.17, 15) is 5.11 Å². The van der Waals surface area contributed by atoms with Crippen LogP contribution in [0.5, 0.6) is 0 Å². The molecule has 1 atom stereocenters. The molecule has 0 aliphatic heterocycles. The lowest BCUT2D eigenvalue weighted by atomic mass is 10.2. The summed E-state index contributed by atoms with van der Waals surface area (Å²) in [5.41, 5.74) is 0.832. The first kappa shape index (κ1) is 9.29. The molecule has 1 unspecified atom stereocenters. The summed E-state index contributed by atoms with van der Waals surface area (Å²) in [4.78, 5) is 0. The fourth-order valence-corrected chi connectivity index (χ4v) is 0.998. The predicted molar refractivity (Wildman–Crippen MR) is 46.8 cm³/mol. The fourth-order valence-electron chi connectivity index (χ4n) is 0.998. The van der Waals surface area contributed by atoms with Crippen LogP contribution in [0.4, 0.5) is 0 Å². The van der Waals surface area contributed by atoms with E-state index in [4.69, 9.17) is 4.42 Å². The fraction of sp³-hybridized carbons (Fsp3) is 0.556. The summed E-state index contributed by atoms with van der Waals surface area (Å²) in [5.74, 6) is 0. The summed E-state index contributed by atoms with van der Waals surface area (Å²) in [6.45, 7) is 3.62. The van der Waals surface area contributed by atoms with E-state index in [1.807, 2.05) is 0 Å². The molecule has 0 fully saturated rings. The highest BCUT2D eigenvalue weighted by Crippen LogP contribution is 2.11. The molecule has 12 heavy (non-hydrogen) atoms. The number of furan rings is 1. The van der Waals surface area contributed by atoms with E-state index in [1.54, 1.807) is 18.6 Å². The Labute approximate surface area is 72.4 Å². The van der Waals surface area contributed by atoms with Crippen LogP contribution in [0, 0.1) is 0 Å². The quantitative estimate of drug-likeness (QED) is 0.653. The standard InChI is InChI=1S/C9H15NO2/c1-2-4-10-6-9(11)8-3-5-12-7-8/h3,5,7,9-11H,2,4,6H2,1H3. The van der Waals surface area contributed by atoms with Gasteiger partial charge in [-0.3, -0.25) is 0 Å². The van der Waals surface area contributed by atoms with Gasteiger partial charge in [-0.1, -0.05) is 6.92 Å². The number of aliphatic hydroxyl groups is 1. The van der Waals surface area contributed by atoms with Gasteiger partial charge in [0.2, 0.25) is 0 Å². The van der Waals surface area contributed by atoms with Gasteiger partial charge in [-0.05, 0) is 19.0 Å². The first-order valence-corrected chi connectivity index (χ1v) is 4.25. The molecule has 1 heterocycles. The third-order valence-electron chi connectivity index (χ3n) is 1.69. The predicted octanol–water partition coefficient (Wildman–Crippen LogP) is 1.31. The maximum Gasteiger partial charge on any atom is 0.0961 e. The van der Waals surface area contributed by atoms with E-state index in [0.29, 0.717) is 6.54 Å². The molecule has 0 spiro atoms. The van der Waals surface area contributed by atoms with Crippen LogP contribution in [0.15, 0.2) is 23.0 Å². The van der Waals surface area contributed by atoms with Gasteiger partial charge in [0, 0.05) is 12.1 Å². The zero-order chi connectivity index (χ0) is 8.81. The second-order valence-corrected chi connectivity index (χ2v) is 2.78. The molecule has 0 aliphatic rings. The number of hydrogen-bond donors (Lipinski definition) is 2. The molecule has 1 aromatic heterocycles. The van der Waals surface area contributed by atoms with Crippen molar-refractivity contribution < 1.29 is 9.52 Å².